The number of sulfonamides is 1. The van der Waals surface area contributed by atoms with Gasteiger partial charge in [-0.1, -0.05) is 12.1 Å². The Balaban J connectivity index is 1.86. The zero-order valence-corrected chi connectivity index (χ0v) is 18.7. The smallest absolute Gasteiger partial charge is 0.241 e. The zero-order chi connectivity index (χ0) is 22.1. The molecule has 162 valence electrons. The van der Waals surface area contributed by atoms with Gasteiger partial charge in [-0.2, -0.15) is 0 Å². The van der Waals surface area contributed by atoms with Crippen molar-refractivity contribution < 1.29 is 22.7 Å². The number of benzene rings is 2. The maximum atomic E-state index is 12.9. The summed E-state index contributed by atoms with van der Waals surface area (Å²) in [6, 6.07) is 12.2. The average molecular weight is 433 g/mol. The molecule has 1 heterocycles. The number of nitrogens with zero attached hydrogens (tertiary/aromatic N) is 1. The van der Waals surface area contributed by atoms with E-state index in [2.05, 4.69) is 5.32 Å². The van der Waals surface area contributed by atoms with Crippen molar-refractivity contribution in [1.29, 1.82) is 0 Å². The predicted molar refractivity (Wildman–Crippen MR) is 117 cm³/mol. The third kappa shape index (κ3) is 5.05. The highest BCUT2D eigenvalue weighted by molar-refractivity contribution is 7.92. The van der Waals surface area contributed by atoms with Crippen LogP contribution in [0.25, 0.3) is 0 Å². The van der Waals surface area contributed by atoms with E-state index in [4.69, 9.17) is 9.47 Å². The van der Waals surface area contributed by atoms with Crippen molar-refractivity contribution in [1.82, 2.24) is 5.32 Å². The lowest BCUT2D eigenvalue weighted by Crippen LogP contribution is -2.45. The number of amides is 1. The Bertz CT molecular complexity index is 1050. The number of rotatable bonds is 6. The molecule has 0 aliphatic carbocycles. The Labute approximate surface area is 178 Å². The van der Waals surface area contributed by atoms with E-state index in [0.717, 1.165) is 21.7 Å². The fourth-order valence-electron chi connectivity index (χ4n) is 3.64. The summed E-state index contributed by atoms with van der Waals surface area (Å²) in [5.74, 6) is 0.947. The molecule has 0 unspecified atom stereocenters. The van der Waals surface area contributed by atoms with E-state index in [9.17, 15) is 13.2 Å². The van der Waals surface area contributed by atoms with E-state index in [1.54, 1.807) is 25.3 Å². The summed E-state index contributed by atoms with van der Waals surface area (Å²) >= 11 is 0. The first-order valence-corrected chi connectivity index (χ1v) is 11.5. The number of anilines is 1. The maximum Gasteiger partial charge on any atom is 0.241 e. The molecule has 0 radical (unpaired) electrons. The summed E-state index contributed by atoms with van der Waals surface area (Å²) in [4.78, 5) is 12.9. The van der Waals surface area contributed by atoms with E-state index >= 15 is 0 Å². The van der Waals surface area contributed by atoms with Crippen LogP contribution in [0.2, 0.25) is 0 Å². The normalized spacial score (nSPS) is 17.4. The second-order valence-corrected chi connectivity index (χ2v) is 10.1. The summed E-state index contributed by atoms with van der Waals surface area (Å²) < 4.78 is 37.2. The van der Waals surface area contributed by atoms with E-state index in [1.807, 2.05) is 45.0 Å². The van der Waals surface area contributed by atoms with Gasteiger partial charge in [0.2, 0.25) is 15.9 Å². The monoisotopic (exact) mass is 432 g/mol. The number of carbonyl (C=O) groups is 1. The van der Waals surface area contributed by atoms with Crippen LogP contribution >= 0.6 is 0 Å². The minimum Gasteiger partial charge on any atom is -0.497 e. The molecule has 0 aromatic heterocycles. The Kier molecular flexibility index (Phi) is 5.99. The van der Waals surface area contributed by atoms with E-state index < -0.39 is 21.5 Å². The molecule has 1 N–H and O–H groups in total. The SMILES string of the molecule is COc1ccc2c(c1)[C@H](NC(=O)CN(c1cccc(C)c1)S(C)(=O)=O)CC(C)(C)O2. The summed E-state index contributed by atoms with van der Waals surface area (Å²) in [5.41, 5.74) is 1.70. The molecule has 0 saturated carbocycles. The number of ether oxygens (including phenoxy) is 2. The van der Waals surface area contributed by atoms with Gasteiger partial charge in [0.15, 0.2) is 0 Å². The van der Waals surface area contributed by atoms with Gasteiger partial charge < -0.3 is 14.8 Å². The van der Waals surface area contributed by atoms with Gasteiger partial charge in [0.1, 0.15) is 23.6 Å². The van der Waals surface area contributed by atoms with Crippen molar-refractivity contribution in [2.45, 2.75) is 38.8 Å². The summed E-state index contributed by atoms with van der Waals surface area (Å²) in [6.07, 6.45) is 1.64. The summed E-state index contributed by atoms with van der Waals surface area (Å²) in [7, 11) is -2.06. The lowest BCUT2D eigenvalue weighted by molar-refractivity contribution is -0.120. The van der Waals surface area contributed by atoms with Gasteiger partial charge >= 0.3 is 0 Å². The van der Waals surface area contributed by atoms with Crippen molar-refractivity contribution in [3.8, 4) is 11.5 Å². The Hall–Kier alpha value is -2.74. The highest BCUT2D eigenvalue weighted by atomic mass is 32.2. The number of aryl methyl sites for hydroxylation is 1. The first kappa shape index (κ1) is 22.0. The maximum absolute atomic E-state index is 12.9. The minimum atomic E-state index is -3.64. The molecule has 0 bridgehead atoms. The molecule has 0 fully saturated rings. The van der Waals surface area contributed by atoms with E-state index in [1.165, 1.54) is 0 Å². The highest BCUT2D eigenvalue weighted by Gasteiger charge is 2.35. The molecule has 0 spiro atoms. The molecule has 8 heteroatoms. The second-order valence-electron chi connectivity index (χ2n) is 8.20. The molecular formula is C22H28N2O5S. The molecule has 7 nitrogen and oxygen atoms in total. The van der Waals surface area contributed by atoms with Gasteiger partial charge in [-0.05, 0) is 56.7 Å². The number of hydrogen-bond donors (Lipinski definition) is 1. The van der Waals surface area contributed by atoms with Gasteiger partial charge in [-0.15, -0.1) is 0 Å². The third-order valence-corrected chi connectivity index (χ3v) is 6.13. The van der Waals surface area contributed by atoms with Gasteiger partial charge in [-0.3, -0.25) is 9.10 Å². The minimum absolute atomic E-state index is 0.306. The number of carbonyl (C=O) groups excluding carboxylic acids is 1. The number of fused-ring (bicyclic) bond motifs is 1. The van der Waals surface area contributed by atoms with E-state index in [0.29, 0.717) is 23.6 Å². The second kappa shape index (κ2) is 8.18. The fourth-order valence-corrected chi connectivity index (χ4v) is 4.49. The van der Waals surface area contributed by atoms with Crippen LogP contribution in [0.5, 0.6) is 11.5 Å². The Morgan fingerprint density at radius 1 is 1.27 bits per heavy atom. The van der Waals surface area contributed by atoms with Crippen LogP contribution < -0.4 is 19.1 Å². The molecule has 0 saturated heterocycles. The lowest BCUT2D eigenvalue weighted by atomic mass is 9.89. The molecule has 1 amide bonds. The standard InChI is InChI=1S/C22H28N2O5S/c1-15-7-6-8-16(11-15)24(30(5,26)27)14-21(25)23-19-13-22(2,3)29-20-10-9-17(28-4)12-18(19)20/h6-12,19H,13-14H2,1-5H3,(H,23,25)/t19-/m1/s1. The molecule has 1 atom stereocenters. The van der Waals surface area contributed by atoms with Crippen molar-refractivity contribution in [2.75, 3.05) is 24.2 Å². The first-order chi connectivity index (χ1) is 14.0. The van der Waals surface area contributed by atoms with Crippen molar-refractivity contribution >= 4 is 21.6 Å². The zero-order valence-electron chi connectivity index (χ0n) is 17.9. The molecule has 1 aliphatic heterocycles. The van der Waals surface area contributed by atoms with Crippen LogP contribution in [0.4, 0.5) is 5.69 Å². The third-order valence-electron chi connectivity index (χ3n) is 4.99. The van der Waals surface area contributed by atoms with Crippen molar-refractivity contribution in [3.63, 3.8) is 0 Å². The van der Waals surface area contributed by atoms with Crippen LogP contribution in [-0.4, -0.2) is 39.8 Å². The Morgan fingerprint density at radius 3 is 2.63 bits per heavy atom. The fraction of sp³-hybridized carbons (Fsp3) is 0.409. The number of nitrogens with one attached hydrogen (secondary N) is 1. The van der Waals surface area contributed by atoms with Crippen molar-refractivity contribution in [3.05, 3.63) is 53.6 Å². The van der Waals surface area contributed by atoms with Gasteiger partial charge in [0.05, 0.1) is 25.1 Å². The molecule has 3 rings (SSSR count). The van der Waals surface area contributed by atoms with Gasteiger partial charge in [0, 0.05) is 12.0 Å². The van der Waals surface area contributed by atoms with Crippen LogP contribution in [0, 0.1) is 6.92 Å². The van der Waals surface area contributed by atoms with Crippen LogP contribution in [0.15, 0.2) is 42.5 Å². The Morgan fingerprint density at radius 2 is 2.00 bits per heavy atom. The van der Waals surface area contributed by atoms with Crippen LogP contribution in [0.3, 0.4) is 0 Å². The quantitative estimate of drug-likeness (QED) is 0.758. The largest absolute Gasteiger partial charge is 0.497 e. The number of methoxy groups -OCH3 is 1. The van der Waals surface area contributed by atoms with Crippen LogP contribution in [-0.2, 0) is 14.8 Å². The molecule has 2 aromatic rings. The first-order valence-electron chi connectivity index (χ1n) is 9.69. The van der Waals surface area contributed by atoms with Gasteiger partial charge in [0.25, 0.3) is 0 Å². The van der Waals surface area contributed by atoms with E-state index in [-0.39, 0.29) is 12.6 Å². The van der Waals surface area contributed by atoms with Crippen molar-refractivity contribution in [2.24, 2.45) is 0 Å². The molecule has 1 aliphatic rings. The molecular weight excluding hydrogens is 404 g/mol. The van der Waals surface area contributed by atoms with Crippen LogP contribution in [0.1, 0.15) is 37.4 Å². The van der Waals surface area contributed by atoms with Gasteiger partial charge in [-0.25, -0.2) is 8.42 Å². The molecule has 2 aromatic carbocycles. The summed E-state index contributed by atoms with van der Waals surface area (Å²) in [5, 5.41) is 2.99. The lowest BCUT2D eigenvalue weighted by Gasteiger charge is -2.38. The number of hydrogen-bond acceptors (Lipinski definition) is 5. The topological polar surface area (TPSA) is 84.9 Å². The highest BCUT2D eigenvalue weighted by Crippen LogP contribution is 2.41. The average Bonchev–Trinajstić information content (AvgIpc) is 2.64. The summed E-state index contributed by atoms with van der Waals surface area (Å²) in [6.45, 7) is 5.47. The predicted octanol–water partition coefficient (Wildman–Crippen LogP) is 3.19. The molecule has 30 heavy (non-hydrogen) atoms.